The van der Waals surface area contributed by atoms with Crippen LogP contribution in [0, 0.1) is 11.8 Å². The van der Waals surface area contributed by atoms with Crippen molar-refractivity contribution in [2.75, 3.05) is 24.6 Å². The Morgan fingerprint density at radius 1 is 1.11 bits per heavy atom. The first-order chi connectivity index (χ1) is 8.45. The zero-order valence-corrected chi connectivity index (χ0v) is 11.0. The summed E-state index contributed by atoms with van der Waals surface area (Å²) < 4.78 is 0. The molecule has 4 nitrogen and oxygen atoms in total. The van der Waals surface area contributed by atoms with Gasteiger partial charge < -0.3 is 16.4 Å². The molecule has 4 heteroatoms. The van der Waals surface area contributed by atoms with Gasteiger partial charge in [0.2, 0.25) is 0 Å². The number of piperidine rings is 1. The molecule has 1 aliphatic rings. The Bertz CT molecular complexity index is 428. The predicted molar refractivity (Wildman–Crippen MR) is 74.1 cm³/mol. The summed E-state index contributed by atoms with van der Waals surface area (Å²) in [5.41, 5.74) is 13.1. The fourth-order valence-corrected chi connectivity index (χ4v) is 2.81. The van der Waals surface area contributed by atoms with Crippen LogP contribution in [0.5, 0.6) is 0 Å². The highest BCUT2D eigenvalue weighted by molar-refractivity contribution is 5.96. The second-order valence-corrected chi connectivity index (χ2v) is 5.54. The lowest BCUT2D eigenvalue weighted by Crippen LogP contribution is -2.42. The highest BCUT2D eigenvalue weighted by atomic mass is 16.2. The molecule has 1 aromatic carbocycles. The third-order valence-electron chi connectivity index (χ3n) is 3.38. The van der Waals surface area contributed by atoms with Crippen LogP contribution < -0.4 is 11.5 Å². The molecular formula is C14H21N3O. The maximum Gasteiger partial charge on any atom is 0.254 e. The van der Waals surface area contributed by atoms with Gasteiger partial charge in [0.1, 0.15) is 0 Å². The number of nitrogen functional groups attached to an aromatic ring is 2. The highest BCUT2D eigenvalue weighted by Crippen LogP contribution is 2.23. The van der Waals surface area contributed by atoms with Crippen molar-refractivity contribution < 1.29 is 4.79 Å². The van der Waals surface area contributed by atoms with Crippen molar-refractivity contribution >= 4 is 17.3 Å². The van der Waals surface area contributed by atoms with Crippen LogP contribution in [0.2, 0.25) is 0 Å². The van der Waals surface area contributed by atoms with Gasteiger partial charge in [-0.05, 0) is 36.5 Å². The van der Waals surface area contributed by atoms with Crippen LogP contribution in [0.15, 0.2) is 18.2 Å². The smallest absolute Gasteiger partial charge is 0.254 e. The van der Waals surface area contributed by atoms with Crippen LogP contribution in [-0.4, -0.2) is 23.9 Å². The molecule has 0 aromatic heterocycles. The Labute approximate surface area is 108 Å². The number of hydrogen-bond acceptors (Lipinski definition) is 3. The molecule has 0 spiro atoms. The topological polar surface area (TPSA) is 72.3 Å². The Hall–Kier alpha value is -1.71. The SMILES string of the molecule is CC1CC(C)CN(C(=O)c2cc(N)cc(N)c2)C1. The third-order valence-corrected chi connectivity index (χ3v) is 3.38. The van der Waals surface area contributed by atoms with E-state index in [9.17, 15) is 4.79 Å². The highest BCUT2D eigenvalue weighted by Gasteiger charge is 2.26. The van der Waals surface area contributed by atoms with Gasteiger partial charge in [-0.15, -0.1) is 0 Å². The van der Waals surface area contributed by atoms with Gasteiger partial charge in [0.25, 0.3) is 5.91 Å². The minimum atomic E-state index is 0.0346. The lowest BCUT2D eigenvalue weighted by Gasteiger charge is -2.35. The molecule has 98 valence electrons. The molecule has 4 N–H and O–H groups in total. The lowest BCUT2D eigenvalue weighted by atomic mass is 9.91. The van der Waals surface area contributed by atoms with Gasteiger partial charge in [-0.3, -0.25) is 4.79 Å². The van der Waals surface area contributed by atoms with Crippen molar-refractivity contribution in [1.82, 2.24) is 4.90 Å². The van der Waals surface area contributed by atoms with Crippen LogP contribution in [0.4, 0.5) is 11.4 Å². The summed E-state index contributed by atoms with van der Waals surface area (Å²) in [6.45, 7) is 6.00. The molecule has 1 amide bonds. The molecule has 0 radical (unpaired) electrons. The van der Waals surface area contributed by atoms with Crippen LogP contribution in [0.25, 0.3) is 0 Å². The maximum absolute atomic E-state index is 12.4. The Kier molecular flexibility index (Phi) is 3.45. The van der Waals surface area contributed by atoms with E-state index in [1.807, 2.05) is 4.90 Å². The fourth-order valence-electron chi connectivity index (χ4n) is 2.81. The number of amides is 1. The average Bonchev–Trinajstić information content (AvgIpc) is 2.25. The summed E-state index contributed by atoms with van der Waals surface area (Å²) in [7, 11) is 0. The number of carbonyl (C=O) groups excluding carboxylic acids is 1. The van der Waals surface area contributed by atoms with Crippen molar-refractivity contribution in [3.05, 3.63) is 23.8 Å². The zero-order chi connectivity index (χ0) is 13.3. The number of likely N-dealkylation sites (tertiary alicyclic amines) is 1. The Morgan fingerprint density at radius 2 is 1.61 bits per heavy atom. The maximum atomic E-state index is 12.4. The molecule has 1 heterocycles. The monoisotopic (exact) mass is 247 g/mol. The molecular weight excluding hydrogens is 226 g/mol. The molecule has 1 aromatic rings. The molecule has 1 saturated heterocycles. The van der Waals surface area contributed by atoms with Crippen molar-refractivity contribution in [2.24, 2.45) is 11.8 Å². The van der Waals surface area contributed by atoms with Gasteiger partial charge in [-0.25, -0.2) is 0 Å². The quantitative estimate of drug-likeness (QED) is 0.745. The van der Waals surface area contributed by atoms with Gasteiger partial charge in [0, 0.05) is 30.0 Å². The van der Waals surface area contributed by atoms with Gasteiger partial charge in [-0.1, -0.05) is 13.8 Å². The minimum Gasteiger partial charge on any atom is -0.399 e. The van der Waals surface area contributed by atoms with E-state index in [1.54, 1.807) is 18.2 Å². The number of nitrogens with two attached hydrogens (primary N) is 2. The number of anilines is 2. The Balaban J connectivity index is 2.20. The summed E-state index contributed by atoms with van der Waals surface area (Å²) in [5.74, 6) is 1.14. The van der Waals surface area contributed by atoms with Crippen LogP contribution >= 0.6 is 0 Å². The molecule has 0 aliphatic carbocycles. The molecule has 1 aliphatic heterocycles. The molecule has 0 saturated carbocycles. The second kappa shape index (κ2) is 4.88. The van der Waals surface area contributed by atoms with Gasteiger partial charge in [0.05, 0.1) is 0 Å². The molecule has 2 rings (SSSR count). The second-order valence-electron chi connectivity index (χ2n) is 5.54. The normalized spacial score (nSPS) is 24.0. The number of hydrogen-bond donors (Lipinski definition) is 2. The van der Waals surface area contributed by atoms with Crippen molar-refractivity contribution in [3.8, 4) is 0 Å². The first-order valence-electron chi connectivity index (χ1n) is 6.41. The number of nitrogens with zero attached hydrogens (tertiary/aromatic N) is 1. The number of benzene rings is 1. The summed E-state index contributed by atoms with van der Waals surface area (Å²) >= 11 is 0. The largest absolute Gasteiger partial charge is 0.399 e. The van der Waals surface area contributed by atoms with Crippen LogP contribution in [-0.2, 0) is 0 Å². The number of carbonyl (C=O) groups is 1. The average molecular weight is 247 g/mol. The van der Waals surface area contributed by atoms with E-state index in [4.69, 9.17) is 11.5 Å². The summed E-state index contributed by atoms with van der Waals surface area (Å²) in [4.78, 5) is 14.3. The fraction of sp³-hybridized carbons (Fsp3) is 0.500. The summed E-state index contributed by atoms with van der Waals surface area (Å²) in [6.07, 6.45) is 1.18. The van der Waals surface area contributed by atoms with E-state index in [0.717, 1.165) is 13.1 Å². The van der Waals surface area contributed by atoms with Gasteiger partial charge in [-0.2, -0.15) is 0 Å². The van der Waals surface area contributed by atoms with Crippen molar-refractivity contribution in [2.45, 2.75) is 20.3 Å². The minimum absolute atomic E-state index is 0.0346. The van der Waals surface area contributed by atoms with E-state index in [2.05, 4.69) is 13.8 Å². The van der Waals surface area contributed by atoms with Crippen molar-refractivity contribution in [1.29, 1.82) is 0 Å². The predicted octanol–water partition coefficient (Wildman–Crippen LogP) is 1.97. The first kappa shape index (κ1) is 12.7. The standard InChI is InChI=1S/C14H21N3O/c1-9-3-10(2)8-17(7-9)14(18)11-4-12(15)6-13(16)5-11/h4-6,9-10H,3,7-8,15-16H2,1-2H3. The van der Waals surface area contributed by atoms with Crippen LogP contribution in [0.1, 0.15) is 30.6 Å². The summed E-state index contributed by atoms with van der Waals surface area (Å²) in [5, 5.41) is 0. The number of rotatable bonds is 1. The molecule has 18 heavy (non-hydrogen) atoms. The molecule has 0 bridgehead atoms. The lowest BCUT2D eigenvalue weighted by molar-refractivity contribution is 0.0623. The van der Waals surface area contributed by atoms with Gasteiger partial charge in [0.15, 0.2) is 0 Å². The third kappa shape index (κ3) is 2.75. The molecule has 2 atom stereocenters. The zero-order valence-electron chi connectivity index (χ0n) is 11.0. The van der Waals surface area contributed by atoms with Crippen LogP contribution in [0.3, 0.4) is 0 Å². The van der Waals surface area contributed by atoms with E-state index < -0.39 is 0 Å². The van der Waals surface area contributed by atoms with E-state index in [-0.39, 0.29) is 5.91 Å². The molecule has 2 unspecified atom stereocenters. The van der Waals surface area contributed by atoms with E-state index in [1.165, 1.54) is 6.42 Å². The van der Waals surface area contributed by atoms with Gasteiger partial charge >= 0.3 is 0 Å². The Morgan fingerprint density at radius 3 is 2.11 bits per heavy atom. The van der Waals surface area contributed by atoms with E-state index in [0.29, 0.717) is 28.8 Å². The summed E-state index contributed by atoms with van der Waals surface area (Å²) in [6, 6.07) is 5.06. The van der Waals surface area contributed by atoms with Crippen molar-refractivity contribution in [3.63, 3.8) is 0 Å². The molecule has 1 fully saturated rings. The first-order valence-corrected chi connectivity index (χ1v) is 6.41. The van der Waals surface area contributed by atoms with E-state index >= 15 is 0 Å².